The molecule has 5 nitrogen and oxygen atoms in total. The second-order valence-electron chi connectivity index (χ2n) is 4.18. The SMILES string of the molecule is CNc1nnc(CN2C(=O)Cc3ccc(Cl)cc32)s1. The van der Waals surface area contributed by atoms with Gasteiger partial charge in [-0.05, 0) is 17.7 Å². The van der Waals surface area contributed by atoms with E-state index >= 15 is 0 Å². The van der Waals surface area contributed by atoms with E-state index in [1.54, 1.807) is 18.0 Å². The zero-order valence-electron chi connectivity index (χ0n) is 10.2. The number of halogens is 1. The Hall–Kier alpha value is -1.66. The Morgan fingerprint density at radius 3 is 3.05 bits per heavy atom. The first-order chi connectivity index (χ1) is 9.17. The molecule has 19 heavy (non-hydrogen) atoms. The maximum Gasteiger partial charge on any atom is 0.231 e. The van der Waals surface area contributed by atoms with Gasteiger partial charge >= 0.3 is 0 Å². The molecule has 0 saturated carbocycles. The van der Waals surface area contributed by atoms with Gasteiger partial charge in [0.15, 0.2) is 0 Å². The second kappa shape index (κ2) is 4.79. The van der Waals surface area contributed by atoms with Gasteiger partial charge in [-0.25, -0.2) is 0 Å². The number of amides is 1. The highest BCUT2D eigenvalue weighted by atomic mass is 35.5. The molecule has 2 heterocycles. The van der Waals surface area contributed by atoms with Crippen LogP contribution < -0.4 is 10.2 Å². The van der Waals surface area contributed by atoms with Gasteiger partial charge in [-0.2, -0.15) is 0 Å². The molecule has 0 radical (unpaired) electrons. The van der Waals surface area contributed by atoms with Crippen molar-refractivity contribution in [2.24, 2.45) is 0 Å². The normalized spacial score (nSPS) is 13.8. The summed E-state index contributed by atoms with van der Waals surface area (Å²) in [5.74, 6) is 0.0680. The maximum absolute atomic E-state index is 12.0. The van der Waals surface area contributed by atoms with Crippen LogP contribution in [0.4, 0.5) is 10.8 Å². The zero-order valence-corrected chi connectivity index (χ0v) is 11.8. The number of fused-ring (bicyclic) bond motifs is 1. The topological polar surface area (TPSA) is 58.1 Å². The number of anilines is 2. The molecule has 0 bridgehead atoms. The van der Waals surface area contributed by atoms with Gasteiger partial charge in [-0.1, -0.05) is 29.0 Å². The van der Waals surface area contributed by atoms with Crippen molar-refractivity contribution in [3.8, 4) is 0 Å². The number of nitrogens with one attached hydrogen (secondary N) is 1. The van der Waals surface area contributed by atoms with Crippen molar-refractivity contribution < 1.29 is 4.79 Å². The van der Waals surface area contributed by atoms with E-state index in [0.29, 0.717) is 18.0 Å². The summed E-state index contributed by atoms with van der Waals surface area (Å²) in [5.41, 5.74) is 1.88. The number of hydrogen-bond donors (Lipinski definition) is 1. The Bertz CT molecular complexity index is 642. The lowest BCUT2D eigenvalue weighted by Crippen LogP contribution is -2.25. The number of carbonyl (C=O) groups excluding carboxylic acids is 1. The van der Waals surface area contributed by atoms with E-state index < -0.39 is 0 Å². The molecule has 0 fully saturated rings. The Balaban J connectivity index is 1.89. The Labute approximate surface area is 119 Å². The van der Waals surface area contributed by atoms with Crippen LogP contribution in [-0.2, 0) is 17.8 Å². The molecular weight excluding hydrogens is 284 g/mol. The molecule has 1 aromatic heterocycles. The third-order valence-electron chi connectivity index (χ3n) is 2.95. The summed E-state index contributed by atoms with van der Waals surface area (Å²) in [6.07, 6.45) is 0.421. The lowest BCUT2D eigenvalue weighted by atomic mass is 10.2. The first-order valence-corrected chi connectivity index (χ1v) is 6.96. The Morgan fingerprint density at radius 2 is 2.32 bits per heavy atom. The zero-order chi connectivity index (χ0) is 13.4. The number of hydrogen-bond acceptors (Lipinski definition) is 5. The average molecular weight is 295 g/mol. The molecule has 0 spiro atoms. The summed E-state index contributed by atoms with van der Waals surface area (Å²) < 4.78 is 0. The van der Waals surface area contributed by atoms with Crippen molar-refractivity contribution in [3.05, 3.63) is 33.8 Å². The van der Waals surface area contributed by atoms with Crippen LogP contribution in [-0.4, -0.2) is 23.2 Å². The van der Waals surface area contributed by atoms with Crippen LogP contribution in [0, 0.1) is 0 Å². The molecule has 0 aliphatic carbocycles. The van der Waals surface area contributed by atoms with Crippen LogP contribution in [0.5, 0.6) is 0 Å². The van der Waals surface area contributed by atoms with Crippen LogP contribution in [0.1, 0.15) is 10.6 Å². The van der Waals surface area contributed by atoms with Crippen LogP contribution >= 0.6 is 22.9 Å². The van der Waals surface area contributed by atoms with E-state index in [0.717, 1.165) is 21.4 Å². The number of nitrogens with zero attached hydrogens (tertiary/aromatic N) is 3. The lowest BCUT2D eigenvalue weighted by Gasteiger charge is -2.15. The van der Waals surface area contributed by atoms with Crippen molar-refractivity contribution in [2.75, 3.05) is 17.3 Å². The number of carbonyl (C=O) groups is 1. The van der Waals surface area contributed by atoms with Gasteiger partial charge in [0.25, 0.3) is 0 Å². The van der Waals surface area contributed by atoms with Crippen LogP contribution in [0.3, 0.4) is 0 Å². The van der Waals surface area contributed by atoms with Gasteiger partial charge in [0.2, 0.25) is 11.0 Å². The molecule has 1 aromatic carbocycles. The third-order valence-corrected chi connectivity index (χ3v) is 4.12. The first kappa shape index (κ1) is 12.4. The minimum Gasteiger partial charge on any atom is -0.363 e. The first-order valence-electron chi connectivity index (χ1n) is 5.76. The fourth-order valence-electron chi connectivity index (χ4n) is 2.06. The summed E-state index contributed by atoms with van der Waals surface area (Å²) in [7, 11) is 1.79. The fourth-order valence-corrected chi connectivity index (χ4v) is 2.91. The number of benzene rings is 1. The maximum atomic E-state index is 12.0. The van der Waals surface area contributed by atoms with Crippen molar-refractivity contribution >= 4 is 39.7 Å². The number of rotatable bonds is 3. The summed E-state index contributed by atoms with van der Waals surface area (Å²) in [5, 5.41) is 13.1. The molecule has 0 atom stereocenters. The highest BCUT2D eigenvalue weighted by Gasteiger charge is 2.28. The quantitative estimate of drug-likeness (QED) is 0.944. The summed E-state index contributed by atoms with van der Waals surface area (Å²) >= 11 is 7.43. The van der Waals surface area contributed by atoms with Crippen molar-refractivity contribution in [2.45, 2.75) is 13.0 Å². The molecule has 1 aliphatic heterocycles. The monoisotopic (exact) mass is 294 g/mol. The highest BCUT2D eigenvalue weighted by Crippen LogP contribution is 2.33. The molecular formula is C12H11ClN4OS. The third kappa shape index (κ3) is 2.29. The molecule has 98 valence electrons. The second-order valence-corrected chi connectivity index (χ2v) is 5.68. The minimum atomic E-state index is 0.0680. The van der Waals surface area contributed by atoms with Gasteiger partial charge < -0.3 is 10.2 Å². The van der Waals surface area contributed by atoms with Gasteiger partial charge in [-0.3, -0.25) is 4.79 Å². The smallest absolute Gasteiger partial charge is 0.231 e. The standard InChI is InChI=1S/C12H11ClN4OS/c1-14-12-16-15-10(19-12)6-17-9-5-8(13)3-2-7(9)4-11(17)18/h2-3,5H,4,6H2,1H3,(H,14,16). The van der Waals surface area contributed by atoms with E-state index in [-0.39, 0.29) is 5.91 Å². The molecule has 1 aliphatic rings. The molecule has 0 saturated heterocycles. The van der Waals surface area contributed by atoms with Crippen LogP contribution in [0.2, 0.25) is 5.02 Å². The highest BCUT2D eigenvalue weighted by molar-refractivity contribution is 7.15. The predicted octanol–water partition coefficient (Wildman–Crippen LogP) is 2.32. The van der Waals surface area contributed by atoms with E-state index in [1.807, 2.05) is 12.1 Å². The van der Waals surface area contributed by atoms with E-state index in [9.17, 15) is 4.79 Å². The molecule has 7 heteroatoms. The van der Waals surface area contributed by atoms with E-state index in [2.05, 4.69) is 15.5 Å². The van der Waals surface area contributed by atoms with Gasteiger partial charge in [-0.15, -0.1) is 10.2 Å². The van der Waals surface area contributed by atoms with Crippen LogP contribution in [0.25, 0.3) is 0 Å². The summed E-state index contributed by atoms with van der Waals surface area (Å²) in [6, 6.07) is 5.53. The van der Waals surface area contributed by atoms with Gasteiger partial charge in [0, 0.05) is 17.8 Å². The fraction of sp³-hybridized carbons (Fsp3) is 0.250. The van der Waals surface area contributed by atoms with Crippen molar-refractivity contribution in [1.29, 1.82) is 0 Å². The van der Waals surface area contributed by atoms with E-state index in [1.165, 1.54) is 11.3 Å². The van der Waals surface area contributed by atoms with Crippen LogP contribution in [0.15, 0.2) is 18.2 Å². The lowest BCUT2D eigenvalue weighted by molar-refractivity contribution is -0.117. The Morgan fingerprint density at radius 1 is 1.47 bits per heavy atom. The molecule has 2 aromatic rings. The molecule has 1 amide bonds. The minimum absolute atomic E-state index is 0.0680. The average Bonchev–Trinajstić information content (AvgIpc) is 2.96. The predicted molar refractivity (Wildman–Crippen MR) is 75.8 cm³/mol. The van der Waals surface area contributed by atoms with E-state index in [4.69, 9.17) is 11.6 Å². The molecule has 1 N–H and O–H groups in total. The number of aromatic nitrogens is 2. The molecule has 0 unspecified atom stereocenters. The molecule has 3 rings (SSSR count). The van der Waals surface area contributed by atoms with Gasteiger partial charge in [0.05, 0.1) is 13.0 Å². The summed E-state index contributed by atoms with van der Waals surface area (Å²) in [4.78, 5) is 13.8. The van der Waals surface area contributed by atoms with Crippen molar-refractivity contribution in [3.63, 3.8) is 0 Å². The summed E-state index contributed by atoms with van der Waals surface area (Å²) in [6.45, 7) is 0.436. The van der Waals surface area contributed by atoms with Crippen molar-refractivity contribution in [1.82, 2.24) is 10.2 Å². The van der Waals surface area contributed by atoms with Gasteiger partial charge in [0.1, 0.15) is 5.01 Å². The largest absolute Gasteiger partial charge is 0.363 e. The Kier molecular flexibility index (Phi) is 3.12.